The summed E-state index contributed by atoms with van der Waals surface area (Å²) in [6, 6.07) is 6.66. The Hall–Kier alpha value is -1.28. The molecule has 2 heteroatoms. The van der Waals surface area contributed by atoms with Crippen LogP contribution >= 0.6 is 0 Å². The number of benzene rings is 1. The van der Waals surface area contributed by atoms with Gasteiger partial charge in [0.25, 0.3) is 0 Å². The summed E-state index contributed by atoms with van der Waals surface area (Å²) >= 11 is 0. The molecule has 1 N–H and O–H groups in total. The van der Waals surface area contributed by atoms with Gasteiger partial charge in [-0.25, -0.2) is 0 Å². The summed E-state index contributed by atoms with van der Waals surface area (Å²) in [7, 11) is 1.75. The van der Waals surface area contributed by atoms with Crippen molar-refractivity contribution in [3.63, 3.8) is 0 Å². The Labute approximate surface area is 139 Å². The maximum absolute atomic E-state index is 10.7. The van der Waals surface area contributed by atoms with Crippen molar-refractivity contribution in [3.8, 4) is 5.75 Å². The molecule has 0 aromatic heterocycles. The molecule has 0 amide bonds. The van der Waals surface area contributed by atoms with E-state index in [0.717, 1.165) is 31.4 Å². The average Bonchev–Trinajstić information content (AvgIpc) is 2.73. The molecule has 1 fully saturated rings. The fourth-order valence-corrected chi connectivity index (χ4v) is 5.63. The molecule has 23 heavy (non-hydrogen) atoms. The van der Waals surface area contributed by atoms with E-state index in [2.05, 4.69) is 37.3 Å². The van der Waals surface area contributed by atoms with Gasteiger partial charge in [-0.2, -0.15) is 0 Å². The van der Waals surface area contributed by atoms with Gasteiger partial charge in [-0.3, -0.25) is 0 Å². The molecule has 0 saturated heterocycles. The van der Waals surface area contributed by atoms with Crippen molar-refractivity contribution in [1.29, 1.82) is 0 Å². The number of rotatable bonds is 1. The van der Waals surface area contributed by atoms with Gasteiger partial charge < -0.3 is 9.84 Å². The Morgan fingerprint density at radius 1 is 1.17 bits per heavy atom. The second-order valence-corrected chi connectivity index (χ2v) is 7.98. The zero-order chi connectivity index (χ0) is 16.0. The first-order valence-corrected chi connectivity index (χ1v) is 9.13. The molecule has 1 saturated carbocycles. The first kappa shape index (κ1) is 15.3. The maximum Gasteiger partial charge on any atom is 0.119 e. The molecule has 1 aromatic carbocycles. The van der Waals surface area contributed by atoms with Crippen LogP contribution in [0, 0.1) is 17.3 Å². The molecule has 0 radical (unpaired) electrons. The number of aryl methyl sites for hydroxylation is 1. The lowest BCUT2D eigenvalue weighted by molar-refractivity contribution is -0.0627. The number of aliphatic hydroxyl groups is 1. The summed E-state index contributed by atoms with van der Waals surface area (Å²) in [4.78, 5) is 0. The van der Waals surface area contributed by atoms with E-state index in [-0.39, 0.29) is 11.5 Å². The minimum Gasteiger partial charge on any atom is -0.497 e. The third kappa shape index (κ3) is 2.34. The highest BCUT2D eigenvalue weighted by molar-refractivity contribution is 5.40. The second kappa shape index (κ2) is 5.66. The molecule has 0 spiro atoms. The Morgan fingerprint density at radius 2 is 2.00 bits per heavy atom. The number of hydrogen-bond acceptors (Lipinski definition) is 2. The van der Waals surface area contributed by atoms with E-state index in [1.54, 1.807) is 12.7 Å². The predicted octanol–water partition coefficient (Wildman–Crippen LogP) is 4.47. The molecule has 0 heterocycles. The number of methoxy groups -OCH3 is 1. The quantitative estimate of drug-likeness (QED) is 0.775. The summed E-state index contributed by atoms with van der Waals surface area (Å²) in [5, 5.41) is 10.7. The standard InChI is InChI=1S/C21H28O2/c1-21-12-11-17-16-10-8-15(23-2)13-14(16)7-9-18(17)19(21)5-3-4-6-20(21)22/h3-4,8,10,13,17-20,22H,5-7,9,11-12H2,1-2H3/t17-,18-,19+,20+,21+/m1/s1. The van der Waals surface area contributed by atoms with Crippen molar-refractivity contribution < 1.29 is 9.84 Å². The molecule has 1 aromatic rings. The summed E-state index contributed by atoms with van der Waals surface area (Å²) in [5.74, 6) is 2.98. The van der Waals surface area contributed by atoms with Gasteiger partial charge in [0.15, 0.2) is 0 Å². The van der Waals surface area contributed by atoms with E-state index in [9.17, 15) is 5.11 Å². The van der Waals surface area contributed by atoms with Crippen molar-refractivity contribution in [2.75, 3.05) is 7.11 Å². The average molecular weight is 312 g/mol. The molecule has 124 valence electrons. The van der Waals surface area contributed by atoms with Crippen LogP contribution in [0.1, 0.15) is 56.1 Å². The summed E-state index contributed by atoms with van der Waals surface area (Å²) < 4.78 is 5.41. The largest absolute Gasteiger partial charge is 0.497 e. The van der Waals surface area contributed by atoms with Crippen LogP contribution < -0.4 is 4.74 Å². The molecule has 3 aliphatic rings. The topological polar surface area (TPSA) is 29.5 Å². The van der Waals surface area contributed by atoms with Crippen molar-refractivity contribution in [2.45, 2.75) is 57.5 Å². The lowest BCUT2D eigenvalue weighted by Gasteiger charge is -2.53. The number of allylic oxidation sites excluding steroid dienone is 1. The fraction of sp³-hybridized carbons (Fsp3) is 0.619. The SMILES string of the molecule is COc1ccc2c(c1)CC[C@@H]1[C@@H]2CC[C@]2(C)[C@@H](O)CC=CC[C@@H]12. The molecular formula is C21H28O2. The highest BCUT2D eigenvalue weighted by atomic mass is 16.5. The molecule has 2 nitrogen and oxygen atoms in total. The monoisotopic (exact) mass is 312 g/mol. The van der Waals surface area contributed by atoms with Crippen LogP contribution in [-0.4, -0.2) is 18.3 Å². The van der Waals surface area contributed by atoms with Crippen LogP contribution in [0.15, 0.2) is 30.4 Å². The van der Waals surface area contributed by atoms with Gasteiger partial charge >= 0.3 is 0 Å². The fourth-order valence-electron chi connectivity index (χ4n) is 5.63. The Morgan fingerprint density at radius 3 is 2.83 bits per heavy atom. The normalized spacial score (nSPS) is 38.9. The zero-order valence-electron chi connectivity index (χ0n) is 14.3. The zero-order valence-corrected chi connectivity index (χ0v) is 14.3. The third-order valence-electron chi connectivity index (χ3n) is 7.05. The van der Waals surface area contributed by atoms with E-state index in [1.807, 2.05) is 0 Å². The van der Waals surface area contributed by atoms with Crippen molar-refractivity contribution in [1.82, 2.24) is 0 Å². The Bertz CT molecular complexity index is 620. The van der Waals surface area contributed by atoms with Gasteiger partial charge in [0.05, 0.1) is 13.2 Å². The summed E-state index contributed by atoms with van der Waals surface area (Å²) in [5.41, 5.74) is 3.12. The van der Waals surface area contributed by atoms with Crippen LogP contribution in [-0.2, 0) is 6.42 Å². The van der Waals surface area contributed by atoms with Crippen LogP contribution in [0.2, 0.25) is 0 Å². The highest BCUT2D eigenvalue weighted by Gasteiger charge is 2.50. The van der Waals surface area contributed by atoms with Gasteiger partial charge in [0.2, 0.25) is 0 Å². The van der Waals surface area contributed by atoms with Gasteiger partial charge in [0, 0.05) is 0 Å². The Balaban J connectivity index is 1.69. The molecule has 0 bridgehead atoms. The smallest absolute Gasteiger partial charge is 0.119 e. The van der Waals surface area contributed by atoms with E-state index in [4.69, 9.17) is 4.74 Å². The Kier molecular flexibility index (Phi) is 3.76. The molecular weight excluding hydrogens is 284 g/mol. The van der Waals surface area contributed by atoms with Crippen LogP contribution in [0.25, 0.3) is 0 Å². The van der Waals surface area contributed by atoms with Crippen molar-refractivity contribution in [2.24, 2.45) is 17.3 Å². The first-order valence-electron chi connectivity index (χ1n) is 9.13. The molecule has 4 rings (SSSR count). The number of ether oxygens (including phenoxy) is 1. The predicted molar refractivity (Wildman–Crippen MR) is 92.8 cm³/mol. The number of aliphatic hydroxyl groups excluding tert-OH is 1. The van der Waals surface area contributed by atoms with Crippen LogP contribution in [0.3, 0.4) is 0 Å². The van der Waals surface area contributed by atoms with Gasteiger partial charge in [-0.15, -0.1) is 0 Å². The maximum atomic E-state index is 10.7. The van der Waals surface area contributed by atoms with Crippen LogP contribution in [0.4, 0.5) is 0 Å². The van der Waals surface area contributed by atoms with Gasteiger partial charge in [-0.05, 0) is 85.0 Å². The molecule has 5 atom stereocenters. The van der Waals surface area contributed by atoms with Crippen LogP contribution in [0.5, 0.6) is 5.75 Å². The second-order valence-electron chi connectivity index (χ2n) is 7.98. The van der Waals surface area contributed by atoms with Gasteiger partial charge in [0.1, 0.15) is 5.75 Å². The van der Waals surface area contributed by atoms with Gasteiger partial charge in [-0.1, -0.05) is 25.1 Å². The lowest BCUT2D eigenvalue weighted by Crippen LogP contribution is -2.48. The first-order chi connectivity index (χ1) is 11.1. The number of hydrogen-bond donors (Lipinski definition) is 1. The highest BCUT2D eigenvalue weighted by Crippen LogP contribution is 2.58. The molecule has 0 aliphatic heterocycles. The minimum absolute atomic E-state index is 0.0919. The molecule has 3 aliphatic carbocycles. The van der Waals surface area contributed by atoms with E-state index in [1.165, 1.54) is 18.4 Å². The van der Waals surface area contributed by atoms with Crippen molar-refractivity contribution in [3.05, 3.63) is 41.5 Å². The van der Waals surface area contributed by atoms with E-state index >= 15 is 0 Å². The summed E-state index contributed by atoms with van der Waals surface area (Å²) in [6.07, 6.45) is 11.1. The van der Waals surface area contributed by atoms with E-state index < -0.39 is 0 Å². The minimum atomic E-state index is -0.176. The lowest BCUT2D eigenvalue weighted by atomic mass is 9.52. The third-order valence-corrected chi connectivity index (χ3v) is 7.05. The van der Waals surface area contributed by atoms with Crippen molar-refractivity contribution >= 4 is 0 Å². The number of fused-ring (bicyclic) bond motifs is 5. The molecule has 0 unspecified atom stereocenters. The summed E-state index contributed by atoms with van der Waals surface area (Å²) in [6.45, 7) is 2.34. The van der Waals surface area contributed by atoms with E-state index in [0.29, 0.717) is 17.8 Å².